The van der Waals surface area contributed by atoms with Gasteiger partial charge in [-0.25, -0.2) is 4.39 Å². The number of Topliss-reactive ketones (excluding diaryl/α,β-unsaturated/α-hetero) is 1. The SMILES string of the molecule is CC(C)c1ccc(CC(=O)c2ccc(F)cc2)cc1. The molecular formula is C17H17FO. The zero-order valence-electron chi connectivity index (χ0n) is 11.2. The van der Waals surface area contributed by atoms with Gasteiger partial charge in [0, 0.05) is 12.0 Å². The van der Waals surface area contributed by atoms with Crippen molar-refractivity contribution in [3.63, 3.8) is 0 Å². The lowest BCUT2D eigenvalue weighted by Gasteiger charge is -2.06. The van der Waals surface area contributed by atoms with Gasteiger partial charge in [-0.15, -0.1) is 0 Å². The molecule has 0 aliphatic carbocycles. The standard InChI is InChI=1S/C17H17FO/c1-12(2)14-5-3-13(4-6-14)11-17(19)15-7-9-16(18)10-8-15/h3-10,12H,11H2,1-2H3. The Hall–Kier alpha value is -1.96. The molecule has 0 saturated carbocycles. The fraction of sp³-hybridized carbons (Fsp3) is 0.235. The quantitative estimate of drug-likeness (QED) is 0.742. The van der Waals surface area contributed by atoms with Gasteiger partial charge in [-0.1, -0.05) is 38.1 Å². The van der Waals surface area contributed by atoms with E-state index >= 15 is 0 Å². The second-order valence-corrected chi connectivity index (χ2v) is 5.00. The molecule has 0 radical (unpaired) electrons. The van der Waals surface area contributed by atoms with Crippen molar-refractivity contribution >= 4 is 5.78 Å². The molecule has 0 N–H and O–H groups in total. The summed E-state index contributed by atoms with van der Waals surface area (Å²) in [6.07, 6.45) is 0.351. The van der Waals surface area contributed by atoms with E-state index in [1.54, 1.807) is 0 Å². The molecule has 0 aromatic heterocycles. The van der Waals surface area contributed by atoms with Gasteiger partial charge in [-0.3, -0.25) is 4.79 Å². The van der Waals surface area contributed by atoms with Gasteiger partial charge in [-0.2, -0.15) is 0 Å². The van der Waals surface area contributed by atoms with Crippen LogP contribution in [0.1, 0.15) is 41.3 Å². The maximum atomic E-state index is 12.8. The van der Waals surface area contributed by atoms with Crippen molar-refractivity contribution in [2.45, 2.75) is 26.2 Å². The van der Waals surface area contributed by atoms with Crippen molar-refractivity contribution < 1.29 is 9.18 Å². The highest BCUT2D eigenvalue weighted by Gasteiger charge is 2.07. The van der Waals surface area contributed by atoms with Gasteiger partial charge < -0.3 is 0 Å². The van der Waals surface area contributed by atoms with E-state index in [0.717, 1.165) is 5.56 Å². The van der Waals surface area contributed by atoms with Crippen LogP contribution in [0.3, 0.4) is 0 Å². The molecule has 0 aliphatic heterocycles. The third-order valence-electron chi connectivity index (χ3n) is 3.18. The van der Waals surface area contributed by atoms with Gasteiger partial charge in [0.15, 0.2) is 5.78 Å². The van der Waals surface area contributed by atoms with E-state index in [9.17, 15) is 9.18 Å². The molecule has 19 heavy (non-hydrogen) atoms. The van der Waals surface area contributed by atoms with Crippen molar-refractivity contribution in [3.8, 4) is 0 Å². The van der Waals surface area contributed by atoms with Crippen LogP contribution in [0.25, 0.3) is 0 Å². The molecule has 2 aromatic carbocycles. The van der Waals surface area contributed by atoms with Crippen LogP contribution in [-0.2, 0) is 6.42 Å². The van der Waals surface area contributed by atoms with Gasteiger partial charge >= 0.3 is 0 Å². The summed E-state index contributed by atoms with van der Waals surface area (Å²) in [5, 5.41) is 0. The van der Waals surface area contributed by atoms with Crippen LogP contribution >= 0.6 is 0 Å². The molecular weight excluding hydrogens is 239 g/mol. The number of ketones is 1. The Kier molecular flexibility index (Phi) is 4.10. The highest BCUT2D eigenvalue weighted by Crippen LogP contribution is 2.16. The molecule has 1 nitrogen and oxygen atoms in total. The van der Waals surface area contributed by atoms with E-state index in [1.165, 1.54) is 29.8 Å². The minimum atomic E-state index is -0.321. The predicted molar refractivity (Wildman–Crippen MR) is 75.0 cm³/mol. The Balaban J connectivity index is 2.08. The smallest absolute Gasteiger partial charge is 0.167 e. The van der Waals surface area contributed by atoms with E-state index in [-0.39, 0.29) is 11.6 Å². The number of carbonyl (C=O) groups excluding carboxylic acids is 1. The molecule has 0 bridgehead atoms. The fourth-order valence-corrected chi connectivity index (χ4v) is 1.94. The molecule has 0 saturated heterocycles. The van der Waals surface area contributed by atoms with Crippen molar-refractivity contribution in [3.05, 3.63) is 71.0 Å². The molecule has 0 unspecified atom stereocenters. The first kappa shape index (κ1) is 13.5. The van der Waals surface area contributed by atoms with Crippen LogP contribution < -0.4 is 0 Å². The third kappa shape index (κ3) is 3.50. The van der Waals surface area contributed by atoms with Crippen molar-refractivity contribution in [2.75, 3.05) is 0 Å². The highest BCUT2D eigenvalue weighted by molar-refractivity contribution is 5.97. The number of hydrogen-bond acceptors (Lipinski definition) is 1. The van der Waals surface area contributed by atoms with Crippen LogP contribution in [0.15, 0.2) is 48.5 Å². The molecule has 2 rings (SSSR count). The third-order valence-corrected chi connectivity index (χ3v) is 3.18. The van der Waals surface area contributed by atoms with E-state index in [0.29, 0.717) is 17.9 Å². The lowest BCUT2D eigenvalue weighted by atomic mass is 9.98. The Morgan fingerprint density at radius 3 is 2.11 bits per heavy atom. The summed E-state index contributed by atoms with van der Waals surface area (Å²) < 4.78 is 12.8. The fourth-order valence-electron chi connectivity index (χ4n) is 1.94. The van der Waals surface area contributed by atoms with Crippen LogP contribution in [-0.4, -0.2) is 5.78 Å². The van der Waals surface area contributed by atoms with E-state index in [2.05, 4.69) is 26.0 Å². The van der Waals surface area contributed by atoms with Crippen LogP contribution in [0.2, 0.25) is 0 Å². The minimum Gasteiger partial charge on any atom is -0.294 e. The second kappa shape index (κ2) is 5.79. The van der Waals surface area contributed by atoms with Gasteiger partial charge in [-0.05, 0) is 41.3 Å². The van der Waals surface area contributed by atoms with E-state index < -0.39 is 0 Å². The average Bonchev–Trinajstić information content (AvgIpc) is 2.40. The maximum Gasteiger partial charge on any atom is 0.167 e. The van der Waals surface area contributed by atoms with Crippen molar-refractivity contribution in [1.82, 2.24) is 0 Å². The minimum absolute atomic E-state index is 0.0114. The Morgan fingerprint density at radius 2 is 1.58 bits per heavy atom. The summed E-state index contributed by atoms with van der Waals surface area (Å²) in [6, 6.07) is 13.8. The van der Waals surface area contributed by atoms with Crippen LogP contribution in [0.5, 0.6) is 0 Å². The molecule has 0 fully saturated rings. The summed E-state index contributed by atoms with van der Waals surface area (Å²) in [4.78, 5) is 12.0. The molecule has 0 aliphatic rings. The zero-order chi connectivity index (χ0) is 13.8. The van der Waals surface area contributed by atoms with Gasteiger partial charge in [0.2, 0.25) is 0 Å². The molecule has 0 spiro atoms. The lowest BCUT2D eigenvalue weighted by Crippen LogP contribution is -2.03. The van der Waals surface area contributed by atoms with Crippen LogP contribution in [0, 0.1) is 5.82 Å². The summed E-state index contributed by atoms with van der Waals surface area (Å²) in [5.74, 6) is 0.178. The van der Waals surface area contributed by atoms with Crippen LogP contribution in [0.4, 0.5) is 4.39 Å². The highest BCUT2D eigenvalue weighted by atomic mass is 19.1. The van der Waals surface area contributed by atoms with E-state index in [1.807, 2.05) is 12.1 Å². The van der Waals surface area contributed by atoms with Gasteiger partial charge in [0.05, 0.1) is 0 Å². The molecule has 2 heteroatoms. The first-order chi connectivity index (χ1) is 9.06. The predicted octanol–water partition coefficient (Wildman–Crippen LogP) is 4.37. The monoisotopic (exact) mass is 256 g/mol. The first-order valence-corrected chi connectivity index (χ1v) is 6.44. The lowest BCUT2D eigenvalue weighted by molar-refractivity contribution is 0.0993. The number of halogens is 1. The van der Waals surface area contributed by atoms with Crippen molar-refractivity contribution in [1.29, 1.82) is 0 Å². The molecule has 0 amide bonds. The summed E-state index contributed by atoms with van der Waals surface area (Å²) in [7, 11) is 0. The second-order valence-electron chi connectivity index (χ2n) is 5.00. The number of rotatable bonds is 4. The summed E-state index contributed by atoms with van der Waals surface area (Å²) in [5.41, 5.74) is 2.80. The number of hydrogen-bond donors (Lipinski definition) is 0. The Bertz CT molecular complexity index is 553. The molecule has 0 atom stereocenters. The number of benzene rings is 2. The summed E-state index contributed by atoms with van der Waals surface area (Å²) >= 11 is 0. The van der Waals surface area contributed by atoms with Gasteiger partial charge in [0.25, 0.3) is 0 Å². The largest absolute Gasteiger partial charge is 0.294 e. The summed E-state index contributed by atoms with van der Waals surface area (Å²) in [6.45, 7) is 4.28. The van der Waals surface area contributed by atoms with Gasteiger partial charge in [0.1, 0.15) is 5.82 Å². The Labute approximate surface area is 113 Å². The van der Waals surface area contributed by atoms with Crippen molar-refractivity contribution in [2.24, 2.45) is 0 Å². The maximum absolute atomic E-state index is 12.8. The average molecular weight is 256 g/mol. The molecule has 2 aromatic rings. The Morgan fingerprint density at radius 1 is 1.00 bits per heavy atom. The zero-order valence-corrected chi connectivity index (χ0v) is 11.2. The topological polar surface area (TPSA) is 17.1 Å². The van der Waals surface area contributed by atoms with E-state index in [4.69, 9.17) is 0 Å². The number of carbonyl (C=O) groups is 1. The first-order valence-electron chi connectivity index (χ1n) is 6.44. The normalized spacial score (nSPS) is 10.7. The molecule has 98 valence electrons. The molecule has 0 heterocycles.